The van der Waals surface area contributed by atoms with Gasteiger partial charge in [-0.1, -0.05) is 0 Å². The summed E-state index contributed by atoms with van der Waals surface area (Å²) in [6.45, 7) is 0. The number of hydrogen-bond donors (Lipinski definition) is 0. The van der Waals surface area contributed by atoms with Crippen LogP contribution in [0.25, 0.3) is 0 Å². The summed E-state index contributed by atoms with van der Waals surface area (Å²) >= 11 is 0. The SMILES string of the molecule is Cl.[Cl-].[Cl-].[Cl-].[Gd+3]. The van der Waals surface area contributed by atoms with Gasteiger partial charge in [0.2, 0.25) is 0 Å². The van der Waals surface area contributed by atoms with Crippen molar-refractivity contribution < 1.29 is 77.2 Å². The largest absolute Gasteiger partial charge is 3.00 e. The van der Waals surface area contributed by atoms with Crippen LogP contribution in [0.5, 0.6) is 0 Å². The Morgan fingerprint density at radius 3 is 0.600 bits per heavy atom. The maximum atomic E-state index is 0. The molecule has 0 rings (SSSR count). The van der Waals surface area contributed by atoms with E-state index in [9.17, 15) is 0 Å². The average molecular weight is 300 g/mol. The maximum Gasteiger partial charge on any atom is 3.00 e. The zero-order valence-corrected chi connectivity index (χ0v) is 7.25. The van der Waals surface area contributed by atoms with Crippen molar-refractivity contribution in [2.75, 3.05) is 0 Å². The minimum Gasteiger partial charge on any atom is -1.00 e. The van der Waals surface area contributed by atoms with Crippen LogP contribution in [0.1, 0.15) is 0 Å². The van der Waals surface area contributed by atoms with Crippen LogP contribution < -0.4 is 37.2 Å². The van der Waals surface area contributed by atoms with Crippen molar-refractivity contribution in [1.29, 1.82) is 0 Å². The number of hydrogen-bond acceptors (Lipinski definition) is 0. The van der Waals surface area contributed by atoms with Gasteiger partial charge in [-0.3, -0.25) is 0 Å². The first-order valence-electron chi connectivity index (χ1n) is 0. The van der Waals surface area contributed by atoms with Gasteiger partial charge in [0.15, 0.2) is 0 Å². The van der Waals surface area contributed by atoms with Crippen LogP contribution in [0.3, 0.4) is 0 Å². The summed E-state index contributed by atoms with van der Waals surface area (Å²) in [7, 11) is 0. The van der Waals surface area contributed by atoms with Gasteiger partial charge in [0.25, 0.3) is 0 Å². The van der Waals surface area contributed by atoms with Crippen LogP contribution in [0.15, 0.2) is 0 Å². The van der Waals surface area contributed by atoms with Crippen LogP contribution in [0.4, 0.5) is 0 Å². The van der Waals surface area contributed by atoms with E-state index in [1.165, 1.54) is 0 Å². The molecule has 0 aliphatic heterocycles. The smallest absolute Gasteiger partial charge is 1.00 e. The second kappa shape index (κ2) is 31.6. The predicted molar refractivity (Wildman–Crippen MR) is 7.25 cm³/mol. The Morgan fingerprint density at radius 1 is 0.600 bits per heavy atom. The number of rotatable bonds is 0. The molecule has 0 aromatic rings. The molecule has 0 aliphatic carbocycles. The molecule has 0 saturated heterocycles. The zero-order valence-electron chi connectivity index (χ0n) is 1.90. The van der Waals surface area contributed by atoms with Crippen molar-refractivity contribution >= 4 is 12.4 Å². The third kappa shape index (κ3) is 21.1. The minimum absolute atomic E-state index is 0. The van der Waals surface area contributed by atoms with Gasteiger partial charge in [-0.15, -0.1) is 12.4 Å². The molecule has 0 N–H and O–H groups in total. The molecule has 5 heteroatoms. The summed E-state index contributed by atoms with van der Waals surface area (Å²) in [6.07, 6.45) is 0. The van der Waals surface area contributed by atoms with Crippen molar-refractivity contribution in [2.45, 2.75) is 0 Å². The maximum absolute atomic E-state index is 0. The summed E-state index contributed by atoms with van der Waals surface area (Å²) in [4.78, 5) is 0. The minimum atomic E-state index is 0. The molecular formula is HCl4Gd. The first kappa shape index (κ1) is 51.0. The predicted octanol–water partition coefficient (Wildman–Crippen LogP) is -8.57. The van der Waals surface area contributed by atoms with E-state index < -0.39 is 0 Å². The Labute approximate surface area is 88.2 Å². The summed E-state index contributed by atoms with van der Waals surface area (Å²) < 4.78 is 0. The summed E-state index contributed by atoms with van der Waals surface area (Å²) in [5.74, 6) is 0. The molecule has 0 unspecified atom stereocenters. The van der Waals surface area contributed by atoms with Crippen molar-refractivity contribution in [3.63, 3.8) is 0 Å². The third-order valence-electron chi connectivity index (χ3n) is 0. The molecule has 0 aliphatic rings. The van der Waals surface area contributed by atoms with Gasteiger partial charge in [-0.2, -0.15) is 0 Å². The molecule has 1 radical (unpaired) electrons. The Balaban J connectivity index is 0. The van der Waals surface area contributed by atoms with Crippen LogP contribution in [-0.4, -0.2) is 0 Å². The van der Waals surface area contributed by atoms with Crippen LogP contribution in [-0.2, 0) is 0 Å². The van der Waals surface area contributed by atoms with Gasteiger partial charge in [-0.05, 0) is 0 Å². The molecule has 0 aromatic carbocycles. The second-order valence-electron chi connectivity index (χ2n) is 0. The molecule has 0 nitrogen and oxygen atoms in total. The topological polar surface area (TPSA) is 0 Å². The Kier molecular flexibility index (Phi) is 322. The van der Waals surface area contributed by atoms with E-state index in [-0.39, 0.29) is 89.6 Å². The molecule has 0 spiro atoms. The van der Waals surface area contributed by atoms with E-state index in [2.05, 4.69) is 0 Å². The molecular weight excluding hydrogens is 299 g/mol. The Morgan fingerprint density at radius 2 is 0.600 bits per heavy atom. The van der Waals surface area contributed by atoms with Gasteiger partial charge in [0.05, 0.1) is 0 Å². The van der Waals surface area contributed by atoms with E-state index in [1.807, 2.05) is 0 Å². The summed E-state index contributed by atoms with van der Waals surface area (Å²) in [5, 5.41) is 0. The standard InChI is InChI=1S/4ClH.Gd/h4*1H;/q;;;;+3/p-3. The molecule has 37 valence electrons. The average Bonchev–Trinajstić information content (AvgIpc) is 0. The second-order valence-corrected chi connectivity index (χ2v) is 0. The van der Waals surface area contributed by atoms with Gasteiger partial charge in [-0.25, -0.2) is 0 Å². The first-order valence-corrected chi connectivity index (χ1v) is 0. The molecule has 0 atom stereocenters. The quantitative estimate of drug-likeness (QED) is 0.417. The van der Waals surface area contributed by atoms with Crippen LogP contribution >= 0.6 is 12.4 Å². The fourth-order valence-electron chi connectivity index (χ4n) is 0. The number of halogens is 4. The van der Waals surface area contributed by atoms with Crippen molar-refractivity contribution in [2.24, 2.45) is 0 Å². The normalized spacial score (nSPS) is 0. The molecule has 0 amide bonds. The Bertz CT molecular complexity index is 3.61. The van der Waals surface area contributed by atoms with Gasteiger partial charge in [0, 0.05) is 0 Å². The fourth-order valence-corrected chi connectivity index (χ4v) is 0. The molecule has 0 saturated carbocycles. The van der Waals surface area contributed by atoms with Crippen LogP contribution in [0, 0.1) is 39.9 Å². The van der Waals surface area contributed by atoms with E-state index in [1.54, 1.807) is 0 Å². The molecule has 0 bridgehead atoms. The Hall–Kier alpha value is 2.48. The zero-order chi connectivity index (χ0) is 0. The summed E-state index contributed by atoms with van der Waals surface area (Å²) in [5.41, 5.74) is 0. The van der Waals surface area contributed by atoms with Crippen LogP contribution in [0.2, 0.25) is 0 Å². The van der Waals surface area contributed by atoms with Gasteiger partial charge in [0.1, 0.15) is 0 Å². The molecule has 0 heterocycles. The first-order chi connectivity index (χ1) is 0. The van der Waals surface area contributed by atoms with Crippen molar-refractivity contribution in [1.82, 2.24) is 0 Å². The van der Waals surface area contributed by atoms with E-state index in [0.29, 0.717) is 0 Å². The van der Waals surface area contributed by atoms with Gasteiger partial charge < -0.3 is 37.2 Å². The van der Waals surface area contributed by atoms with E-state index in [4.69, 9.17) is 0 Å². The third-order valence-corrected chi connectivity index (χ3v) is 0. The molecule has 0 fully saturated rings. The summed E-state index contributed by atoms with van der Waals surface area (Å²) in [6, 6.07) is 0. The van der Waals surface area contributed by atoms with E-state index >= 15 is 0 Å². The van der Waals surface area contributed by atoms with E-state index in [0.717, 1.165) is 0 Å². The molecule has 5 heavy (non-hydrogen) atoms. The van der Waals surface area contributed by atoms with Crippen molar-refractivity contribution in [3.05, 3.63) is 0 Å². The van der Waals surface area contributed by atoms with Crippen molar-refractivity contribution in [3.8, 4) is 0 Å². The molecule has 0 aromatic heterocycles. The van der Waals surface area contributed by atoms with Gasteiger partial charge >= 0.3 is 39.9 Å². The monoisotopic (exact) mass is 299 g/mol. The fraction of sp³-hybridized carbons (Fsp3) is 0.